The van der Waals surface area contributed by atoms with Crippen molar-refractivity contribution in [3.8, 4) is 0 Å². The third-order valence-electron chi connectivity index (χ3n) is 3.09. The van der Waals surface area contributed by atoms with Gasteiger partial charge in [-0.3, -0.25) is 0 Å². The van der Waals surface area contributed by atoms with Gasteiger partial charge < -0.3 is 10.2 Å². The van der Waals surface area contributed by atoms with Crippen LogP contribution in [0.2, 0.25) is 5.02 Å². The molecular weight excluding hydrogens is 251 g/mol. The van der Waals surface area contributed by atoms with Crippen molar-refractivity contribution in [1.29, 1.82) is 0 Å². The molecule has 1 aromatic carbocycles. The van der Waals surface area contributed by atoms with E-state index in [1.165, 1.54) is 6.07 Å². The number of nitrogens with zero attached hydrogens (tertiary/aromatic N) is 1. The summed E-state index contributed by atoms with van der Waals surface area (Å²) in [6, 6.07) is 4.79. The van der Waals surface area contributed by atoms with E-state index < -0.39 is 0 Å². The van der Waals surface area contributed by atoms with Gasteiger partial charge in [-0.2, -0.15) is 0 Å². The minimum Gasteiger partial charge on any atom is -0.312 e. The Kier molecular flexibility index (Phi) is 7.25. The molecule has 0 saturated carbocycles. The second kappa shape index (κ2) is 8.46. The number of rotatable bonds is 8. The average Bonchev–Trinajstić information content (AvgIpc) is 2.37. The van der Waals surface area contributed by atoms with Gasteiger partial charge in [-0.25, -0.2) is 4.39 Å². The largest absolute Gasteiger partial charge is 0.312 e. The number of nitrogens with one attached hydrogen (secondary N) is 1. The van der Waals surface area contributed by atoms with E-state index in [4.69, 9.17) is 11.6 Å². The fraction of sp³-hybridized carbons (Fsp3) is 0.571. The maximum absolute atomic E-state index is 13.5. The quantitative estimate of drug-likeness (QED) is 0.731. The molecule has 0 spiro atoms. The molecule has 0 heterocycles. The second-order valence-corrected chi connectivity index (χ2v) is 4.66. The lowest BCUT2D eigenvalue weighted by atomic mass is 10.2. The van der Waals surface area contributed by atoms with Gasteiger partial charge in [-0.05, 0) is 44.7 Å². The van der Waals surface area contributed by atoms with Gasteiger partial charge in [0.1, 0.15) is 5.82 Å². The topological polar surface area (TPSA) is 15.3 Å². The van der Waals surface area contributed by atoms with Crippen LogP contribution in [-0.2, 0) is 6.54 Å². The molecule has 2 nitrogen and oxygen atoms in total. The van der Waals surface area contributed by atoms with Gasteiger partial charge >= 0.3 is 0 Å². The van der Waals surface area contributed by atoms with Crippen molar-refractivity contribution < 1.29 is 4.39 Å². The molecule has 1 aromatic rings. The molecular formula is C14H22ClFN2. The van der Waals surface area contributed by atoms with Crippen LogP contribution in [0.25, 0.3) is 0 Å². The molecule has 0 saturated heterocycles. The highest BCUT2D eigenvalue weighted by Gasteiger charge is 2.05. The Morgan fingerprint density at radius 3 is 2.61 bits per heavy atom. The Hall–Kier alpha value is -0.640. The van der Waals surface area contributed by atoms with Crippen LogP contribution >= 0.6 is 11.6 Å². The maximum Gasteiger partial charge on any atom is 0.129 e. The molecule has 4 heteroatoms. The predicted molar refractivity (Wildman–Crippen MR) is 75.5 cm³/mol. The van der Waals surface area contributed by atoms with Gasteiger partial charge in [-0.15, -0.1) is 0 Å². The van der Waals surface area contributed by atoms with Crippen molar-refractivity contribution in [2.24, 2.45) is 0 Å². The van der Waals surface area contributed by atoms with Crippen molar-refractivity contribution in [3.05, 3.63) is 34.6 Å². The number of halogens is 2. The number of benzene rings is 1. The lowest BCUT2D eigenvalue weighted by molar-refractivity contribution is 0.298. The summed E-state index contributed by atoms with van der Waals surface area (Å²) in [5.74, 6) is -0.237. The highest BCUT2D eigenvalue weighted by molar-refractivity contribution is 6.31. The van der Waals surface area contributed by atoms with Crippen LogP contribution in [0, 0.1) is 5.82 Å². The van der Waals surface area contributed by atoms with Crippen molar-refractivity contribution in [1.82, 2.24) is 10.2 Å². The molecule has 18 heavy (non-hydrogen) atoms. The summed E-state index contributed by atoms with van der Waals surface area (Å²) in [6.45, 7) is 8.92. The molecule has 1 rings (SSSR count). The van der Waals surface area contributed by atoms with Gasteiger partial charge in [-0.1, -0.05) is 31.5 Å². The minimum absolute atomic E-state index is 0.237. The molecule has 0 aliphatic carbocycles. The summed E-state index contributed by atoms with van der Waals surface area (Å²) in [5.41, 5.74) is 0.557. The molecule has 0 atom stereocenters. The molecule has 0 bridgehead atoms. The smallest absolute Gasteiger partial charge is 0.129 e. The molecule has 0 aliphatic rings. The third-order valence-corrected chi connectivity index (χ3v) is 3.44. The van der Waals surface area contributed by atoms with Crippen LogP contribution < -0.4 is 5.32 Å². The van der Waals surface area contributed by atoms with Crippen LogP contribution in [-0.4, -0.2) is 31.1 Å². The van der Waals surface area contributed by atoms with Crippen LogP contribution in [0.15, 0.2) is 18.2 Å². The van der Waals surface area contributed by atoms with E-state index in [1.807, 2.05) is 0 Å². The van der Waals surface area contributed by atoms with Crippen LogP contribution in [0.4, 0.5) is 4.39 Å². The van der Waals surface area contributed by atoms with Crippen LogP contribution in [0.1, 0.15) is 25.8 Å². The zero-order valence-electron chi connectivity index (χ0n) is 11.2. The Bertz CT molecular complexity index is 333. The van der Waals surface area contributed by atoms with Crippen LogP contribution in [0.5, 0.6) is 0 Å². The van der Waals surface area contributed by atoms with E-state index in [9.17, 15) is 4.39 Å². The summed E-state index contributed by atoms with van der Waals surface area (Å²) in [4.78, 5) is 2.37. The first-order valence-electron chi connectivity index (χ1n) is 6.55. The standard InChI is InChI=1S/C14H22ClFN2/c1-3-18(4-2)10-6-9-17-11-12-13(15)7-5-8-14(12)16/h5,7-8,17H,3-4,6,9-11H2,1-2H3. The molecule has 0 aromatic heterocycles. The van der Waals surface area contributed by atoms with E-state index in [2.05, 4.69) is 24.1 Å². The summed E-state index contributed by atoms with van der Waals surface area (Å²) >= 11 is 5.95. The lowest BCUT2D eigenvalue weighted by Crippen LogP contribution is -2.27. The fourth-order valence-electron chi connectivity index (χ4n) is 1.88. The van der Waals surface area contributed by atoms with E-state index in [1.54, 1.807) is 12.1 Å². The van der Waals surface area contributed by atoms with E-state index >= 15 is 0 Å². The molecule has 1 N–H and O–H groups in total. The van der Waals surface area contributed by atoms with E-state index in [0.29, 0.717) is 17.1 Å². The fourth-order valence-corrected chi connectivity index (χ4v) is 2.11. The predicted octanol–water partition coefficient (Wildman–Crippen LogP) is 3.30. The van der Waals surface area contributed by atoms with Gasteiger partial charge in [0.2, 0.25) is 0 Å². The first-order chi connectivity index (χ1) is 8.69. The number of hydrogen-bond donors (Lipinski definition) is 1. The Balaban J connectivity index is 2.26. The first-order valence-corrected chi connectivity index (χ1v) is 6.92. The molecule has 0 unspecified atom stereocenters. The van der Waals surface area contributed by atoms with Crippen molar-refractivity contribution in [3.63, 3.8) is 0 Å². The molecule has 0 aliphatic heterocycles. The van der Waals surface area contributed by atoms with Crippen LogP contribution in [0.3, 0.4) is 0 Å². The van der Waals surface area contributed by atoms with Crippen molar-refractivity contribution in [2.75, 3.05) is 26.2 Å². The zero-order valence-corrected chi connectivity index (χ0v) is 11.9. The molecule has 0 fully saturated rings. The third kappa shape index (κ3) is 4.92. The Morgan fingerprint density at radius 2 is 2.00 bits per heavy atom. The lowest BCUT2D eigenvalue weighted by Gasteiger charge is -2.17. The Morgan fingerprint density at radius 1 is 1.28 bits per heavy atom. The van der Waals surface area contributed by atoms with E-state index in [0.717, 1.165) is 32.6 Å². The summed E-state index contributed by atoms with van der Waals surface area (Å²) < 4.78 is 13.5. The zero-order chi connectivity index (χ0) is 13.4. The van der Waals surface area contributed by atoms with Gasteiger partial charge in [0.05, 0.1) is 0 Å². The highest BCUT2D eigenvalue weighted by atomic mass is 35.5. The Labute approximate surface area is 114 Å². The average molecular weight is 273 g/mol. The maximum atomic E-state index is 13.5. The minimum atomic E-state index is -0.237. The SMILES string of the molecule is CCN(CC)CCCNCc1c(F)cccc1Cl. The van der Waals surface area contributed by atoms with Gasteiger partial charge in [0.25, 0.3) is 0 Å². The summed E-state index contributed by atoms with van der Waals surface area (Å²) in [7, 11) is 0. The molecule has 102 valence electrons. The number of hydrogen-bond acceptors (Lipinski definition) is 2. The normalized spacial score (nSPS) is 11.2. The van der Waals surface area contributed by atoms with Crippen molar-refractivity contribution >= 4 is 11.6 Å². The van der Waals surface area contributed by atoms with Crippen molar-refractivity contribution in [2.45, 2.75) is 26.8 Å². The highest BCUT2D eigenvalue weighted by Crippen LogP contribution is 2.18. The first kappa shape index (κ1) is 15.4. The second-order valence-electron chi connectivity index (χ2n) is 4.26. The van der Waals surface area contributed by atoms with Gasteiger partial charge in [0, 0.05) is 17.1 Å². The summed E-state index contributed by atoms with van der Waals surface area (Å²) in [6.07, 6.45) is 1.06. The molecule has 0 amide bonds. The molecule has 0 radical (unpaired) electrons. The summed E-state index contributed by atoms with van der Waals surface area (Å²) in [5, 5.41) is 3.73. The monoisotopic (exact) mass is 272 g/mol. The van der Waals surface area contributed by atoms with E-state index in [-0.39, 0.29) is 5.82 Å². The van der Waals surface area contributed by atoms with Gasteiger partial charge in [0.15, 0.2) is 0 Å².